The Morgan fingerprint density at radius 1 is 1.35 bits per heavy atom. The molecule has 0 bridgehead atoms. The number of ether oxygens (including phenoxy) is 2. The Morgan fingerprint density at radius 2 is 2.26 bits per heavy atom. The van der Waals surface area contributed by atoms with Crippen molar-refractivity contribution in [2.24, 2.45) is 0 Å². The van der Waals surface area contributed by atoms with E-state index in [-0.39, 0.29) is 18.1 Å². The third-order valence-corrected chi connectivity index (χ3v) is 4.19. The van der Waals surface area contributed by atoms with E-state index in [2.05, 4.69) is 5.32 Å². The lowest BCUT2D eigenvalue weighted by Crippen LogP contribution is -2.25. The molecule has 0 radical (unpaired) electrons. The van der Waals surface area contributed by atoms with E-state index in [9.17, 15) is 9.59 Å². The molecule has 0 aromatic heterocycles. The maximum Gasteiger partial charge on any atom is 0.414 e. The molecule has 0 saturated carbocycles. The molecule has 3 rings (SSSR count). The number of cyclic esters (lactones) is 1. The van der Waals surface area contributed by atoms with Gasteiger partial charge in [0.2, 0.25) is 5.91 Å². The number of carbonyl (C=O) groups is 2. The van der Waals surface area contributed by atoms with Gasteiger partial charge in [0, 0.05) is 25.3 Å². The van der Waals surface area contributed by atoms with Crippen molar-refractivity contribution in [1.29, 1.82) is 0 Å². The zero-order valence-electron chi connectivity index (χ0n) is 13.1. The second-order valence-corrected chi connectivity index (χ2v) is 5.89. The van der Waals surface area contributed by atoms with Crippen LogP contribution in [0.1, 0.15) is 31.2 Å². The van der Waals surface area contributed by atoms with Gasteiger partial charge < -0.3 is 14.8 Å². The van der Waals surface area contributed by atoms with Crippen molar-refractivity contribution in [2.75, 3.05) is 24.7 Å². The van der Waals surface area contributed by atoms with E-state index >= 15 is 0 Å². The highest BCUT2D eigenvalue weighted by Gasteiger charge is 2.23. The molecule has 1 aromatic rings. The lowest BCUT2D eigenvalue weighted by atomic mass is 10.1. The van der Waals surface area contributed by atoms with E-state index in [1.54, 1.807) is 4.90 Å². The van der Waals surface area contributed by atoms with Crippen molar-refractivity contribution in [3.8, 4) is 0 Å². The van der Waals surface area contributed by atoms with Crippen LogP contribution in [0, 0.1) is 0 Å². The summed E-state index contributed by atoms with van der Waals surface area (Å²) in [6, 6.07) is 7.60. The number of amides is 2. The Bertz CT molecular complexity index is 569. The van der Waals surface area contributed by atoms with Gasteiger partial charge in [-0.15, -0.1) is 0 Å². The first-order valence-corrected chi connectivity index (χ1v) is 8.14. The van der Waals surface area contributed by atoms with Gasteiger partial charge in [0.05, 0.1) is 12.6 Å². The first-order chi connectivity index (χ1) is 11.2. The summed E-state index contributed by atoms with van der Waals surface area (Å²) in [5, 5.41) is 2.92. The molecular weight excluding hydrogens is 296 g/mol. The molecule has 1 aromatic carbocycles. The quantitative estimate of drug-likeness (QED) is 0.873. The largest absolute Gasteiger partial charge is 0.447 e. The molecule has 2 saturated heterocycles. The lowest BCUT2D eigenvalue weighted by molar-refractivity contribution is -0.121. The Kier molecular flexibility index (Phi) is 5.12. The zero-order valence-corrected chi connectivity index (χ0v) is 13.1. The summed E-state index contributed by atoms with van der Waals surface area (Å²) in [5.41, 5.74) is 1.77. The van der Waals surface area contributed by atoms with E-state index in [1.165, 1.54) is 0 Å². The van der Waals surface area contributed by atoms with Crippen LogP contribution in [0.4, 0.5) is 10.5 Å². The highest BCUT2D eigenvalue weighted by Crippen LogP contribution is 2.20. The number of hydrogen-bond donors (Lipinski definition) is 1. The number of anilines is 1. The molecule has 23 heavy (non-hydrogen) atoms. The number of nitrogens with zero attached hydrogens (tertiary/aromatic N) is 1. The monoisotopic (exact) mass is 318 g/mol. The minimum absolute atomic E-state index is 0.0338. The molecule has 6 nitrogen and oxygen atoms in total. The minimum Gasteiger partial charge on any atom is -0.447 e. The Hall–Kier alpha value is -2.08. The van der Waals surface area contributed by atoms with Crippen LogP contribution in [0.3, 0.4) is 0 Å². The summed E-state index contributed by atoms with van der Waals surface area (Å²) in [7, 11) is 0. The normalized spacial score (nSPS) is 20.6. The van der Waals surface area contributed by atoms with Crippen molar-refractivity contribution in [2.45, 2.75) is 38.3 Å². The van der Waals surface area contributed by atoms with E-state index in [4.69, 9.17) is 9.47 Å². The summed E-state index contributed by atoms with van der Waals surface area (Å²) in [4.78, 5) is 25.1. The highest BCUT2D eigenvalue weighted by atomic mass is 16.6. The fourth-order valence-electron chi connectivity index (χ4n) is 2.92. The van der Waals surface area contributed by atoms with Gasteiger partial charge in [-0.05, 0) is 37.0 Å². The number of rotatable bonds is 6. The number of nitrogens with one attached hydrogen (secondary N) is 1. The summed E-state index contributed by atoms with van der Waals surface area (Å²) >= 11 is 0. The smallest absolute Gasteiger partial charge is 0.414 e. The predicted molar refractivity (Wildman–Crippen MR) is 85.2 cm³/mol. The number of benzene rings is 1. The molecule has 2 aliphatic rings. The Balaban J connectivity index is 1.47. The number of hydrogen-bond acceptors (Lipinski definition) is 4. The standard InChI is InChI=1S/C17H22N2O4/c20-16(7-6-15-5-2-9-22-15)18-12-13-3-1-4-14(11-13)19-8-10-23-17(19)21/h1,3-4,11,15H,2,5-10,12H2,(H,18,20)/t15-/m0/s1. The molecule has 0 aliphatic carbocycles. The average Bonchev–Trinajstić information content (AvgIpc) is 3.22. The molecule has 0 spiro atoms. The van der Waals surface area contributed by atoms with Gasteiger partial charge in [-0.2, -0.15) is 0 Å². The van der Waals surface area contributed by atoms with Gasteiger partial charge in [-0.1, -0.05) is 12.1 Å². The summed E-state index contributed by atoms with van der Waals surface area (Å²) < 4.78 is 10.5. The third kappa shape index (κ3) is 4.22. The zero-order chi connectivity index (χ0) is 16.1. The average molecular weight is 318 g/mol. The van der Waals surface area contributed by atoms with Crippen LogP contribution in [0.15, 0.2) is 24.3 Å². The molecule has 124 valence electrons. The van der Waals surface area contributed by atoms with Gasteiger partial charge in [0.15, 0.2) is 0 Å². The van der Waals surface area contributed by atoms with E-state index in [0.29, 0.717) is 26.1 Å². The van der Waals surface area contributed by atoms with E-state index < -0.39 is 0 Å². The fraction of sp³-hybridized carbons (Fsp3) is 0.529. The molecule has 2 fully saturated rings. The van der Waals surface area contributed by atoms with Crippen molar-refractivity contribution in [3.05, 3.63) is 29.8 Å². The van der Waals surface area contributed by atoms with Crippen LogP contribution in [0.25, 0.3) is 0 Å². The van der Waals surface area contributed by atoms with Gasteiger partial charge in [-0.25, -0.2) is 4.79 Å². The topological polar surface area (TPSA) is 67.9 Å². The lowest BCUT2D eigenvalue weighted by Gasteiger charge is -2.14. The molecule has 2 heterocycles. The van der Waals surface area contributed by atoms with Gasteiger partial charge >= 0.3 is 6.09 Å². The van der Waals surface area contributed by atoms with Gasteiger partial charge in [0.25, 0.3) is 0 Å². The van der Waals surface area contributed by atoms with Crippen LogP contribution in [-0.2, 0) is 20.8 Å². The maximum atomic E-state index is 11.9. The Morgan fingerprint density at radius 3 is 3.00 bits per heavy atom. The molecule has 0 unspecified atom stereocenters. The van der Waals surface area contributed by atoms with Gasteiger partial charge in [0.1, 0.15) is 6.61 Å². The Labute approximate surface area is 135 Å². The van der Waals surface area contributed by atoms with Crippen LogP contribution < -0.4 is 10.2 Å². The van der Waals surface area contributed by atoms with Crippen LogP contribution >= 0.6 is 0 Å². The molecule has 2 aliphatic heterocycles. The second-order valence-electron chi connectivity index (χ2n) is 5.89. The molecule has 1 atom stereocenters. The highest BCUT2D eigenvalue weighted by molar-refractivity contribution is 5.89. The van der Waals surface area contributed by atoms with Crippen LogP contribution in [-0.4, -0.2) is 37.9 Å². The number of carbonyl (C=O) groups excluding carboxylic acids is 2. The molecular formula is C17H22N2O4. The van der Waals surface area contributed by atoms with Crippen molar-refractivity contribution in [3.63, 3.8) is 0 Å². The first kappa shape index (κ1) is 15.8. The minimum atomic E-state index is -0.317. The molecule has 1 N–H and O–H groups in total. The molecule has 2 amide bonds. The summed E-state index contributed by atoms with van der Waals surface area (Å²) in [5.74, 6) is 0.0338. The van der Waals surface area contributed by atoms with Crippen LogP contribution in [0.5, 0.6) is 0 Å². The maximum absolute atomic E-state index is 11.9. The first-order valence-electron chi connectivity index (χ1n) is 8.14. The van der Waals surface area contributed by atoms with E-state index in [1.807, 2.05) is 24.3 Å². The van der Waals surface area contributed by atoms with Crippen molar-refractivity contribution in [1.82, 2.24) is 5.32 Å². The van der Waals surface area contributed by atoms with Crippen molar-refractivity contribution >= 4 is 17.7 Å². The summed E-state index contributed by atoms with van der Waals surface area (Å²) in [6.07, 6.45) is 3.35. The molecule has 6 heteroatoms. The van der Waals surface area contributed by atoms with Crippen LogP contribution in [0.2, 0.25) is 0 Å². The summed E-state index contributed by atoms with van der Waals surface area (Å²) in [6.45, 7) is 2.26. The SMILES string of the molecule is O=C(CC[C@@H]1CCCO1)NCc1cccc(N2CCOC2=O)c1. The second kappa shape index (κ2) is 7.46. The van der Waals surface area contributed by atoms with E-state index in [0.717, 1.165) is 37.1 Å². The third-order valence-electron chi connectivity index (χ3n) is 4.19. The van der Waals surface area contributed by atoms with Gasteiger partial charge in [-0.3, -0.25) is 9.69 Å². The fourth-order valence-corrected chi connectivity index (χ4v) is 2.92. The van der Waals surface area contributed by atoms with Crippen molar-refractivity contribution < 1.29 is 19.1 Å². The predicted octanol–water partition coefficient (Wildman–Crippen LogP) is 2.22.